The fraction of sp³-hybridized carbons (Fsp3) is 0.500. The lowest BCUT2D eigenvalue weighted by Crippen LogP contribution is -2.19. The van der Waals surface area contributed by atoms with E-state index in [1.54, 1.807) is 4.68 Å². The standard InChI is InChI=1S/C18H25N5OS/c1-12-8-13(2)10-15(9-12)20-16(24)11-25-18-22-21-17(23(18)19)14-6-4-3-5-7-14/h8-10,14H,3-7,11,19H2,1-2H3,(H,20,24). The number of nitrogens with one attached hydrogen (secondary N) is 1. The van der Waals surface area contributed by atoms with Crippen LogP contribution in [-0.4, -0.2) is 26.5 Å². The van der Waals surface area contributed by atoms with Crippen molar-refractivity contribution in [2.24, 2.45) is 0 Å². The SMILES string of the molecule is Cc1cc(C)cc(NC(=O)CSc2nnc(C3CCCCC3)n2N)c1. The van der Waals surface area contributed by atoms with Crippen molar-refractivity contribution in [2.75, 3.05) is 16.9 Å². The number of benzene rings is 1. The number of rotatable bonds is 5. The second-order valence-electron chi connectivity index (χ2n) is 6.76. The van der Waals surface area contributed by atoms with Gasteiger partial charge in [-0.1, -0.05) is 37.1 Å². The normalized spacial score (nSPS) is 15.3. The van der Waals surface area contributed by atoms with Crippen LogP contribution < -0.4 is 11.2 Å². The molecule has 3 N–H and O–H groups in total. The maximum absolute atomic E-state index is 12.2. The molecule has 1 fully saturated rings. The molecule has 1 aliphatic rings. The fourth-order valence-electron chi connectivity index (χ4n) is 3.40. The van der Waals surface area contributed by atoms with Crippen molar-refractivity contribution in [3.8, 4) is 0 Å². The number of carbonyl (C=O) groups excluding carboxylic acids is 1. The summed E-state index contributed by atoms with van der Waals surface area (Å²) < 4.78 is 1.56. The van der Waals surface area contributed by atoms with Crippen LogP contribution in [0.15, 0.2) is 23.4 Å². The summed E-state index contributed by atoms with van der Waals surface area (Å²) in [5.41, 5.74) is 3.07. The van der Waals surface area contributed by atoms with Gasteiger partial charge in [-0.05, 0) is 49.9 Å². The van der Waals surface area contributed by atoms with E-state index >= 15 is 0 Å². The van der Waals surface area contributed by atoms with Crippen LogP contribution >= 0.6 is 11.8 Å². The first-order valence-corrected chi connectivity index (χ1v) is 9.73. The molecule has 6 nitrogen and oxygen atoms in total. The van der Waals surface area contributed by atoms with Crippen LogP contribution in [0.3, 0.4) is 0 Å². The second kappa shape index (κ2) is 7.91. The summed E-state index contributed by atoms with van der Waals surface area (Å²) in [6, 6.07) is 6.00. The van der Waals surface area contributed by atoms with E-state index in [4.69, 9.17) is 5.84 Å². The number of anilines is 1. The molecule has 0 atom stereocenters. The highest BCUT2D eigenvalue weighted by Crippen LogP contribution is 2.32. The molecule has 25 heavy (non-hydrogen) atoms. The van der Waals surface area contributed by atoms with Crippen LogP contribution in [0.5, 0.6) is 0 Å². The van der Waals surface area contributed by atoms with Gasteiger partial charge >= 0.3 is 0 Å². The number of thioether (sulfide) groups is 1. The van der Waals surface area contributed by atoms with E-state index in [9.17, 15) is 4.79 Å². The molecule has 1 aliphatic carbocycles. The molecule has 0 bridgehead atoms. The number of carbonyl (C=O) groups is 1. The molecule has 0 aliphatic heterocycles. The van der Waals surface area contributed by atoms with Gasteiger partial charge in [0.25, 0.3) is 0 Å². The van der Waals surface area contributed by atoms with Crippen LogP contribution in [0.25, 0.3) is 0 Å². The number of amides is 1. The third-order valence-corrected chi connectivity index (χ3v) is 5.44. The van der Waals surface area contributed by atoms with Crippen molar-refractivity contribution < 1.29 is 4.79 Å². The minimum Gasteiger partial charge on any atom is -0.336 e. The number of hydrogen-bond donors (Lipinski definition) is 2. The van der Waals surface area contributed by atoms with Gasteiger partial charge < -0.3 is 11.2 Å². The van der Waals surface area contributed by atoms with Crippen molar-refractivity contribution in [1.82, 2.24) is 14.9 Å². The monoisotopic (exact) mass is 359 g/mol. The maximum Gasteiger partial charge on any atom is 0.234 e. The lowest BCUT2D eigenvalue weighted by molar-refractivity contribution is -0.113. The molecule has 1 aromatic carbocycles. The van der Waals surface area contributed by atoms with Gasteiger partial charge in [0, 0.05) is 11.6 Å². The van der Waals surface area contributed by atoms with Gasteiger partial charge in [-0.15, -0.1) is 10.2 Å². The average molecular weight is 359 g/mol. The topological polar surface area (TPSA) is 85.8 Å². The maximum atomic E-state index is 12.2. The van der Waals surface area contributed by atoms with E-state index in [0.29, 0.717) is 11.1 Å². The van der Waals surface area contributed by atoms with E-state index in [-0.39, 0.29) is 11.7 Å². The minimum atomic E-state index is -0.0720. The Labute approximate surface area is 152 Å². The number of nitrogens with zero attached hydrogens (tertiary/aromatic N) is 3. The van der Waals surface area contributed by atoms with E-state index < -0.39 is 0 Å². The molecule has 7 heteroatoms. The molecule has 2 aromatic rings. The van der Waals surface area contributed by atoms with Crippen molar-refractivity contribution in [3.05, 3.63) is 35.2 Å². The predicted octanol–water partition coefficient (Wildman–Crippen LogP) is 3.39. The zero-order chi connectivity index (χ0) is 17.8. The predicted molar refractivity (Wildman–Crippen MR) is 101 cm³/mol. The van der Waals surface area contributed by atoms with Gasteiger partial charge in [0.1, 0.15) is 0 Å². The first kappa shape index (κ1) is 17.8. The molecule has 134 valence electrons. The highest BCUT2D eigenvalue weighted by molar-refractivity contribution is 7.99. The lowest BCUT2D eigenvalue weighted by Gasteiger charge is -2.20. The van der Waals surface area contributed by atoms with E-state index in [1.165, 1.54) is 31.0 Å². The molecule has 0 spiro atoms. The summed E-state index contributed by atoms with van der Waals surface area (Å²) >= 11 is 1.32. The summed E-state index contributed by atoms with van der Waals surface area (Å²) in [7, 11) is 0. The smallest absolute Gasteiger partial charge is 0.234 e. The summed E-state index contributed by atoms with van der Waals surface area (Å²) in [6.45, 7) is 4.03. The Morgan fingerprint density at radius 3 is 2.56 bits per heavy atom. The quantitative estimate of drug-likeness (QED) is 0.631. The fourth-order valence-corrected chi connectivity index (χ4v) is 4.06. The molecular weight excluding hydrogens is 334 g/mol. The highest BCUT2D eigenvalue weighted by atomic mass is 32.2. The van der Waals surface area contributed by atoms with Gasteiger partial charge in [-0.2, -0.15) is 0 Å². The van der Waals surface area contributed by atoms with Crippen LogP contribution in [0, 0.1) is 13.8 Å². The van der Waals surface area contributed by atoms with Gasteiger partial charge in [-0.3, -0.25) is 4.79 Å². The molecule has 0 saturated heterocycles. The number of nitrogen functional groups attached to an aromatic ring is 1. The van der Waals surface area contributed by atoms with E-state index in [1.807, 2.05) is 26.0 Å². The van der Waals surface area contributed by atoms with Crippen molar-refractivity contribution in [1.29, 1.82) is 0 Å². The molecule has 3 rings (SSSR count). The van der Waals surface area contributed by atoms with Crippen LogP contribution in [-0.2, 0) is 4.79 Å². The Morgan fingerprint density at radius 1 is 1.20 bits per heavy atom. The second-order valence-corrected chi connectivity index (χ2v) is 7.70. The Balaban J connectivity index is 1.58. The van der Waals surface area contributed by atoms with Gasteiger partial charge in [0.2, 0.25) is 11.1 Å². The lowest BCUT2D eigenvalue weighted by atomic mass is 9.89. The third-order valence-electron chi connectivity index (χ3n) is 4.50. The molecule has 1 aromatic heterocycles. The van der Waals surface area contributed by atoms with Gasteiger partial charge in [0.05, 0.1) is 5.75 Å². The molecular formula is C18H25N5OS. The highest BCUT2D eigenvalue weighted by Gasteiger charge is 2.22. The van der Waals surface area contributed by atoms with Gasteiger partial charge in [0.15, 0.2) is 5.82 Å². The van der Waals surface area contributed by atoms with Crippen molar-refractivity contribution >= 4 is 23.4 Å². The molecule has 1 saturated carbocycles. The van der Waals surface area contributed by atoms with Crippen LogP contribution in [0.2, 0.25) is 0 Å². The zero-order valence-electron chi connectivity index (χ0n) is 14.8. The third kappa shape index (κ3) is 4.54. The Morgan fingerprint density at radius 2 is 1.88 bits per heavy atom. The summed E-state index contributed by atoms with van der Waals surface area (Å²) in [6.07, 6.45) is 5.96. The number of hydrogen-bond acceptors (Lipinski definition) is 5. The average Bonchev–Trinajstić information content (AvgIpc) is 2.93. The molecule has 0 unspecified atom stereocenters. The molecule has 1 amide bonds. The van der Waals surface area contributed by atoms with E-state index in [0.717, 1.165) is 35.5 Å². The Bertz CT molecular complexity index is 732. The summed E-state index contributed by atoms with van der Waals surface area (Å²) in [5, 5.41) is 11.9. The first-order chi connectivity index (χ1) is 12.0. The van der Waals surface area contributed by atoms with Crippen LogP contribution in [0.1, 0.15) is 55.0 Å². The number of aromatic nitrogens is 3. The van der Waals surface area contributed by atoms with Crippen LogP contribution in [0.4, 0.5) is 5.69 Å². The Kier molecular flexibility index (Phi) is 5.63. The summed E-state index contributed by atoms with van der Waals surface area (Å²) in [5.74, 6) is 7.57. The molecule has 1 heterocycles. The summed E-state index contributed by atoms with van der Waals surface area (Å²) in [4.78, 5) is 12.2. The van der Waals surface area contributed by atoms with Gasteiger partial charge in [-0.25, -0.2) is 4.68 Å². The zero-order valence-corrected chi connectivity index (χ0v) is 15.6. The number of nitrogens with two attached hydrogens (primary N) is 1. The largest absolute Gasteiger partial charge is 0.336 e. The van der Waals surface area contributed by atoms with E-state index in [2.05, 4.69) is 21.6 Å². The molecule has 0 radical (unpaired) electrons. The first-order valence-electron chi connectivity index (χ1n) is 8.74. The number of aryl methyl sites for hydroxylation is 2. The minimum absolute atomic E-state index is 0.0720. The Hall–Kier alpha value is -2.02. The van der Waals surface area contributed by atoms with Crippen molar-refractivity contribution in [2.45, 2.75) is 57.0 Å². The van der Waals surface area contributed by atoms with Crippen molar-refractivity contribution in [3.63, 3.8) is 0 Å².